The van der Waals surface area contributed by atoms with E-state index in [1.165, 1.54) is 6.07 Å². The summed E-state index contributed by atoms with van der Waals surface area (Å²) < 4.78 is 44.8. The first-order valence-electron chi connectivity index (χ1n) is 11.9. The van der Waals surface area contributed by atoms with Gasteiger partial charge in [-0.15, -0.1) is 0 Å². The van der Waals surface area contributed by atoms with Crippen LogP contribution in [0, 0.1) is 6.92 Å². The molecule has 3 aromatic rings. The zero-order valence-electron chi connectivity index (χ0n) is 20.8. The number of nitrogens with zero attached hydrogens (tertiary/aromatic N) is 5. The normalized spacial score (nSPS) is 13.2. The second-order valence-electron chi connectivity index (χ2n) is 8.38. The lowest BCUT2D eigenvalue weighted by Gasteiger charge is -2.36. The van der Waals surface area contributed by atoms with Gasteiger partial charge in [0.1, 0.15) is 11.8 Å². The number of carbonyl (C=O) groups excluding carboxylic acids is 1. The minimum absolute atomic E-state index is 0.0788. The van der Waals surface area contributed by atoms with E-state index in [-0.39, 0.29) is 17.8 Å². The lowest BCUT2D eigenvalue weighted by Crippen LogP contribution is -2.49. The summed E-state index contributed by atoms with van der Waals surface area (Å²) in [5, 5.41) is 0. The quantitative estimate of drug-likeness (QED) is 0.352. The maximum atomic E-state index is 13.9. The summed E-state index contributed by atoms with van der Waals surface area (Å²) in [6.45, 7) is 8.05. The monoisotopic (exact) mass is 501 g/mol. The first kappa shape index (κ1) is 27.0. The molecule has 2 unspecified atom stereocenters. The number of alkyl halides is 3. The predicted octanol–water partition coefficient (Wildman–Crippen LogP) is 5.75. The molecular formula is C26H30F3N5O2. The molecule has 10 heteroatoms. The van der Waals surface area contributed by atoms with Crippen molar-refractivity contribution >= 4 is 5.91 Å². The molecule has 0 radical (unpaired) electrons. The molecule has 36 heavy (non-hydrogen) atoms. The van der Waals surface area contributed by atoms with Crippen LogP contribution in [0.1, 0.15) is 61.5 Å². The average molecular weight is 502 g/mol. The van der Waals surface area contributed by atoms with Crippen molar-refractivity contribution in [3.63, 3.8) is 0 Å². The summed E-state index contributed by atoms with van der Waals surface area (Å²) in [6.07, 6.45) is 2.57. The van der Waals surface area contributed by atoms with E-state index in [9.17, 15) is 18.0 Å². The number of rotatable bonds is 10. The smallest absolute Gasteiger partial charge is 0.417 e. The zero-order valence-corrected chi connectivity index (χ0v) is 20.8. The van der Waals surface area contributed by atoms with Crippen LogP contribution in [0.4, 0.5) is 13.2 Å². The lowest BCUT2D eigenvalue weighted by molar-refractivity contribution is -0.137. The number of hydrogen-bond acceptors (Lipinski definition) is 6. The molecule has 0 aliphatic carbocycles. The number of carbonyl (C=O) groups is 1. The number of halogens is 3. The Balaban J connectivity index is 1.94. The predicted molar refractivity (Wildman–Crippen MR) is 129 cm³/mol. The van der Waals surface area contributed by atoms with Crippen LogP contribution in [0.25, 0.3) is 11.5 Å². The Bertz CT molecular complexity index is 1140. The number of likely N-dealkylation sites (N-methyl/N-ethyl adjacent to an activating group) is 1. The van der Waals surface area contributed by atoms with Gasteiger partial charge in [-0.05, 0) is 50.5 Å². The summed E-state index contributed by atoms with van der Waals surface area (Å²) in [5.41, 5.74) is 0.740. The van der Waals surface area contributed by atoms with Gasteiger partial charge in [0.05, 0.1) is 17.2 Å². The van der Waals surface area contributed by atoms with Gasteiger partial charge in [0.2, 0.25) is 5.88 Å². The number of pyridine rings is 2. The van der Waals surface area contributed by atoms with E-state index in [2.05, 4.69) is 19.9 Å². The van der Waals surface area contributed by atoms with E-state index in [0.29, 0.717) is 36.5 Å². The van der Waals surface area contributed by atoms with Crippen molar-refractivity contribution in [2.75, 3.05) is 6.54 Å². The Hall–Kier alpha value is -3.56. The maximum Gasteiger partial charge on any atom is 0.417 e. The number of aryl methyl sites for hydroxylation is 1. The van der Waals surface area contributed by atoms with Gasteiger partial charge in [-0.25, -0.2) is 15.0 Å². The van der Waals surface area contributed by atoms with Crippen LogP contribution in [-0.4, -0.2) is 49.4 Å². The molecule has 7 nitrogen and oxygen atoms in total. The van der Waals surface area contributed by atoms with E-state index < -0.39 is 17.8 Å². The minimum Gasteiger partial charge on any atom is -0.472 e. The molecule has 0 fully saturated rings. The van der Waals surface area contributed by atoms with Crippen molar-refractivity contribution in [1.82, 2.24) is 24.8 Å². The van der Waals surface area contributed by atoms with E-state index in [1.807, 2.05) is 27.7 Å². The van der Waals surface area contributed by atoms with Crippen molar-refractivity contribution in [3.8, 4) is 17.4 Å². The summed E-state index contributed by atoms with van der Waals surface area (Å²) in [4.78, 5) is 32.5. The van der Waals surface area contributed by atoms with Crippen molar-refractivity contribution in [1.29, 1.82) is 0 Å². The van der Waals surface area contributed by atoms with Gasteiger partial charge in [-0.3, -0.25) is 9.78 Å². The second-order valence-corrected chi connectivity index (χ2v) is 8.38. The summed E-state index contributed by atoms with van der Waals surface area (Å²) in [5.74, 6) is 0.188. The van der Waals surface area contributed by atoms with Crippen molar-refractivity contribution < 1.29 is 22.7 Å². The van der Waals surface area contributed by atoms with E-state index in [4.69, 9.17) is 4.74 Å². The molecule has 1 amide bonds. The first-order chi connectivity index (χ1) is 17.2. The van der Waals surface area contributed by atoms with Gasteiger partial charge >= 0.3 is 6.18 Å². The summed E-state index contributed by atoms with van der Waals surface area (Å²) >= 11 is 0. The molecule has 3 heterocycles. The van der Waals surface area contributed by atoms with Crippen molar-refractivity contribution in [2.45, 2.75) is 65.3 Å². The molecule has 192 valence electrons. The third-order valence-corrected chi connectivity index (χ3v) is 5.79. The van der Waals surface area contributed by atoms with E-state index in [0.717, 1.165) is 24.2 Å². The molecule has 0 saturated heterocycles. The highest BCUT2D eigenvalue weighted by molar-refractivity contribution is 5.99. The standard InChI is InChI=1S/C26H30F3N5O2/c1-5-9-20(21(6-2)36-22-11-10-18(16-32-22)26(27,28)29)34(7-3)25(35)19-14-17(4)15-33-23(19)24-30-12-8-13-31-24/h8,10-16,20-21H,5-7,9H2,1-4H3. The molecule has 2 atom stereocenters. The van der Waals surface area contributed by atoms with Crippen LogP contribution in [0.5, 0.6) is 5.88 Å². The Morgan fingerprint density at radius 2 is 1.78 bits per heavy atom. The SMILES string of the molecule is CCCC(C(CC)Oc1ccc(C(F)(F)F)cn1)N(CC)C(=O)c1cc(C)cnc1-c1ncccn1. The largest absolute Gasteiger partial charge is 0.472 e. The fraction of sp³-hybridized carbons (Fsp3) is 0.423. The van der Waals surface area contributed by atoms with Crippen LogP contribution in [0.3, 0.4) is 0 Å². The Labute approximate surface area is 208 Å². The van der Waals surface area contributed by atoms with Gasteiger partial charge in [0.15, 0.2) is 5.82 Å². The van der Waals surface area contributed by atoms with E-state index in [1.54, 1.807) is 35.6 Å². The fourth-order valence-electron chi connectivity index (χ4n) is 4.06. The van der Waals surface area contributed by atoms with Crippen LogP contribution in [0.2, 0.25) is 0 Å². The summed E-state index contributed by atoms with van der Waals surface area (Å²) in [6, 6.07) is 5.27. The molecule has 0 aromatic carbocycles. The topological polar surface area (TPSA) is 81.1 Å². The van der Waals surface area contributed by atoms with Crippen LogP contribution < -0.4 is 4.74 Å². The minimum atomic E-state index is -4.48. The highest BCUT2D eigenvalue weighted by Crippen LogP contribution is 2.30. The molecular weight excluding hydrogens is 471 g/mol. The lowest BCUT2D eigenvalue weighted by atomic mass is 9.99. The zero-order chi connectivity index (χ0) is 26.3. The van der Waals surface area contributed by atoms with Gasteiger partial charge in [-0.2, -0.15) is 13.2 Å². The molecule has 0 bridgehead atoms. The molecule has 0 aliphatic rings. The van der Waals surface area contributed by atoms with Crippen molar-refractivity contribution in [2.24, 2.45) is 0 Å². The second kappa shape index (κ2) is 11.9. The molecule has 0 saturated carbocycles. The van der Waals surface area contributed by atoms with Crippen LogP contribution in [-0.2, 0) is 6.18 Å². The van der Waals surface area contributed by atoms with Gasteiger partial charge in [0.25, 0.3) is 5.91 Å². The van der Waals surface area contributed by atoms with Crippen LogP contribution >= 0.6 is 0 Å². The number of hydrogen-bond donors (Lipinski definition) is 0. The molecule has 0 spiro atoms. The average Bonchev–Trinajstić information content (AvgIpc) is 2.87. The molecule has 0 N–H and O–H groups in total. The Kier molecular flexibility index (Phi) is 8.95. The Morgan fingerprint density at radius 1 is 1.06 bits per heavy atom. The van der Waals surface area contributed by atoms with Crippen LogP contribution in [0.15, 0.2) is 49.1 Å². The fourth-order valence-corrected chi connectivity index (χ4v) is 4.06. The Morgan fingerprint density at radius 3 is 2.33 bits per heavy atom. The molecule has 3 aromatic heterocycles. The number of ether oxygens (including phenoxy) is 1. The summed E-state index contributed by atoms with van der Waals surface area (Å²) in [7, 11) is 0. The first-order valence-corrected chi connectivity index (χ1v) is 11.9. The van der Waals surface area contributed by atoms with Gasteiger partial charge < -0.3 is 9.64 Å². The maximum absolute atomic E-state index is 13.9. The molecule has 0 aliphatic heterocycles. The third kappa shape index (κ3) is 6.35. The molecule has 3 rings (SSSR count). The van der Waals surface area contributed by atoms with E-state index >= 15 is 0 Å². The van der Waals surface area contributed by atoms with Crippen molar-refractivity contribution in [3.05, 3.63) is 65.7 Å². The number of amides is 1. The van der Waals surface area contributed by atoms with Gasteiger partial charge in [-0.1, -0.05) is 20.3 Å². The number of aromatic nitrogens is 4. The third-order valence-electron chi connectivity index (χ3n) is 5.79. The van der Waals surface area contributed by atoms with Gasteiger partial charge in [0, 0.05) is 37.4 Å². The highest BCUT2D eigenvalue weighted by Gasteiger charge is 2.34. The highest BCUT2D eigenvalue weighted by atomic mass is 19.4.